The van der Waals surface area contributed by atoms with Crippen LogP contribution in [0.2, 0.25) is 0 Å². The van der Waals surface area contributed by atoms with E-state index >= 15 is 0 Å². The summed E-state index contributed by atoms with van der Waals surface area (Å²) in [5.74, 6) is -0.0860. The minimum absolute atomic E-state index is 0.111. The van der Waals surface area contributed by atoms with Crippen molar-refractivity contribution in [3.8, 4) is 0 Å². The van der Waals surface area contributed by atoms with Crippen molar-refractivity contribution in [1.82, 2.24) is 25.5 Å². The van der Waals surface area contributed by atoms with Crippen LogP contribution >= 0.6 is 0 Å². The molecule has 1 N–H and O–H groups in total. The number of aromatic amines is 1. The summed E-state index contributed by atoms with van der Waals surface area (Å²) in [6.45, 7) is 3.28. The maximum Gasteiger partial charge on any atom is 0.295 e. The zero-order chi connectivity index (χ0) is 11.6. The van der Waals surface area contributed by atoms with Gasteiger partial charge in [0.25, 0.3) is 11.7 Å². The summed E-state index contributed by atoms with van der Waals surface area (Å²) in [5, 5.41) is 13.0. The summed E-state index contributed by atoms with van der Waals surface area (Å²) in [4.78, 5) is 13.7. The molecule has 88 valence electrons. The topological polar surface area (TPSA) is 84.0 Å². The van der Waals surface area contributed by atoms with Crippen molar-refractivity contribution >= 4 is 5.91 Å². The average molecular weight is 225 g/mol. The third-order valence-electron chi connectivity index (χ3n) is 2.98. The molecule has 2 rings (SSSR count). The molecule has 1 amide bonds. The van der Waals surface area contributed by atoms with E-state index in [2.05, 4.69) is 20.6 Å². The molecule has 1 unspecified atom stereocenters. The van der Waals surface area contributed by atoms with Crippen LogP contribution in [-0.2, 0) is 4.74 Å². The van der Waals surface area contributed by atoms with E-state index in [1.165, 1.54) is 0 Å². The number of rotatable bonds is 2. The van der Waals surface area contributed by atoms with E-state index in [1.807, 2.05) is 6.92 Å². The summed E-state index contributed by atoms with van der Waals surface area (Å²) in [7, 11) is 1.67. The molecule has 0 radical (unpaired) electrons. The van der Waals surface area contributed by atoms with E-state index in [0.717, 1.165) is 12.8 Å². The molecule has 1 fully saturated rings. The van der Waals surface area contributed by atoms with Gasteiger partial charge in [-0.1, -0.05) is 0 Å². The van der Waals surface area contributed by atoms with Crippen molar-refractivity contribution in [3.05, 3.63) is 5.82 Å². The maximum atomic E-state index is 11.9. The molecule has 0 spiro atoms. The van der Waals surface area contributed by atoms with E-state index in [4.69, 9.17) is 4.74 Å². The summed E-state index contributed by atoms with van der Waals surface area (Å²) in [6.07, 6.45) is 1.88. The molecule has 0 aliphatic carbocycles. The second-order valence-corrected chi connectivity index (χ2v) is 4.22. The lowest BCUT2D eigenvalue weighted by Gasteiger charge is -2.38. The number of carbonyl (C=O) groups is 1. The SMILES string of the molecule is COC1(C)CCCN(C(=O)c2nn[nH]n2)C1. The van der Waals surface area contributed by atoms with Gasteiger partial charge in [-0.25, -0.2) is 0 Å². The molecule has 7 nitrogen and oxygen atoms in total. The number of nitrogens with one attached hydrogen (secondary N) is 1. The molecule has 1 saturated heterocycles. The maximum absolute atomic E-state index is 11.9. The van der Waals surface area contributed by atoms with Crippen LogP contribution in [-0.4, -0.2) is 57.2 Å². The van der Waals surface area contributed by atoms with Gasteiger partial charge in [-0.3, -0.25) is 4.79 Å². The largest absolute Gasteiger partial charge is 0.377 e. The number of ether oxygens (including phenoxy) is 1. The Morgan fingerprint density at radius 3 is 3.06 bits per heavy atom. The first-order valence-corrected chi connectivity index (χ1v) is 5.22. The van der Waals surface area contributed by atoms with Gasteiger partial charge in [0.15, 0.2) is 0 Å². The fourth-order valence-electron chi connectivity index (χ4n) is 1.94. The van der Waals surface area contributed by atoms with Gasteiger partial charge in [0.1, 0.15) is 0 Å². The highest BCUT2D eigenvalue weighted by atomic mass is 16.5. The lowest BCUT2D eigenvalue weighted by Crippen LogP contribution is -2.49. The lowest BCUT2D eigenvalue weighted by molar-refractivity contribution is -0.0442. The first-order chi connectivity index (χ1) is 7.64. The van der Waals surface area contributed by atoms with Crippen molar-refractivity contribution < 1.29 is 9.53 Å². The summed E-state index contributed by atoms with van der Waals surface area (Å²) >= 11 is 0. The molecule has 1 aliphatic heterocycles. The zero-order valence-corrected chi connectivity index (χ0v) is 9.43. The predicted octanol–water partition coefficient (Wildman–Crippen LogP) is -0.159. The number of piperidine rings is 1. The molecule has 0 aromatic carbocycles. The Bertz CT molecular complexity index is 366. The Kier molecular flexibility index (Phi) is 2.86. The molecule has 0 bridgehead atoms. The summed E-state index contributed by atoms with van der Waals surface area (Å²) < 4.78 is 5.42. The smallest absolute Gasteiger partial charge is 0.295 e. The zero-order valence-electron chi connectivity index (χ0n) is 9.43. The number of methoxy groups -OCH3 is 1. The molecule has 1 aromatic heterocycles. The van der Waals surface area contributed by atoms with Gasteiger partial charge in [-0.05, 0) is 25.0 Å². The van der Waals surface area contributed by atoms with Crippen molar-refractivity contribution in [3.63, 3.8) is 0 Å². The average Bonchev–Trinajstić information content (AvgIpc) is 2.82. The number of tetrazole rings is 1. The molecule has 1 aromatic rings. The Morgan fingerprint density at radius 1 is 1.62 bits per heavy atom. The minimum atomic E-state index is -0.266. The van der Waals surface area contributed by atoms with Crippen molar-refractivity contribution in [1.29, 1.82) is 0 Å². The highest BCUT2D eigenvalue weighted by molar-refractivity contribution is 5.90. The second kappa shape index (κ2) is 4.17. The Morgan fingerprint density at radius 2 is 2.44 bits per heavy atom. The lowest BCUT2D eigenvalue weighted by atomic mass is 9.95. The van der Waals surface area contributed by atoms with Gasteiger partial charge in [0.2, 0.25) is 0 Å². The number of likely N-dealkylation sites (tertiary alicyclic amines) is 1. The highest BCUT2D eigenvalue weighted by Crippen LogP contribution is 2.24. The highest BCUT2D eigenvalue weighted by Gasteiger charge is 2.34. The monoisotopic (exact) mass is 225 g/mol. The van der Waals surface area contributed by atoms with Crippen LogP contribution in [0, 0.1) is 0 Å². The van der Waals surface area contributed by atoms with Crippen LogP contribution in [0.1, 0.15) is 30.4 Å². The van der Waals surface area contributed by atoms with Gasteiger partial charge in [0.05, 0.1) is 5.60 Å². The van der Waals surface area contributed by atoms with Gasteiger partial charge < -0.3 is 9.64 Å². The molecule has 7 heteroatoms. The summed E-state index contributed by atoms with van der Waals surface area (Å²) in [5.41, 5.74) is -0.266. The number of carbonyl (C=O) groups excluding carboxylic acids is 1. The van der Waals surface area contributed by atoms with E-state index in [-0.39, 0.29) is 17.3 Å². The minimum Gasteiger partial charge on any atom is -0.377 e. The molecule has 16 heavy (non-hydrogen) atoms. The number of amides is 1. The van der Waals surface area contributed by atoms with Crippen LogP contribution in [0.4, 0.5) is 0 Å². The Hall–Kier alpha value is -1.50. The van der Waals surface area contributed by atoms with Crippen molar-refractivity contribution in [2.75, 3.05) is 20.2 Å². The first kappa shape index (κ1) is 11.0. The number of hydrogen-bond acceptors (Lipinski definition) is 5. The standard InChI is InChI=1S/C9H15N5O2/c1-9(16-2)4-3-5-14(6-9)8(15)7-10-12-13-11-7/h3-6H2,1-2H3,(H,10,11,12,13). The molecule has 0 saturated carbocycles. The fourth-order valence-corrected chi connectivity index (χ4v) is 1.94. The van der Waals surface area contributed by atoms with E-state index < -0.39 is 0 Å². The number of hydrogen-bond donors (Lipinski definition) is 1. The number of aromatic nitrogens is 4. The van der Waals surface area contributed by atoms with Gasteiger partial charge in [0, 0.05) is 20.2 Å². The Balaban J connectivity index is 2.08. The van der Waals surface area contributed by atoms with Gasteiger partial charge in [-0.15, -0.1) is 10.2 Å². The van der Waals surface area contributed by atoms with Crippen molar-refractivity contribution in [2.24, 2.45) is 0 Å². The molecule has 1 aliphatic rings. The molecular formula is C9H15N5O2. The van der Waals surface area contributed by atoms with Gasteiger partial charge >= 0.3 is 0 Å². The van der Waals surface area contributed by atoms with Crippen LogP contribution < -0.4 is 0 Å². The number of nitrogens with zero attached hydrogens (tertiary/aromatic N) is 4. The van der Waals surface area contributed by atoms with Gasteiger partial charge in [-0.2, -0.15) is 5.21 Å². The van der Waals surface area contributed by atoms with E-state index in [0.29, 0.717) is 13.1 Å². The fraction of sp³-hybridized carbons (Fsp3) is 0.778. The van der Waals surface area contributed by atoms with Crippen LogP contribution in [0.5, 0.6) is 0 Å². The molecule has 2 heterocycles. The third kappa shape index (κ3) is 2.04. The van der Waals surface area contributed by atoms with Crippen LogP contribution in [0.3, 0.4) is 0 Å². The first-order valence-electron chi connectivity index (χ1n) is 5.22. The summed E-state index contributed by atoms with van der Waals surface area (Å²) in [6, 6.07) is 0. The predicted molar refractivity (Wildman–Crippen MR) is 54.7 cm³/mol. The van der Waals surface area contributed by atoms with Crippen molar-refractivity contribution in [2.45, 2.75) is 25.4 Å². The normalized spacial score (nSPS) is 25.8. The second-order valence-electron chi connectivity index (χ2n) is 4.22. The third-order valence-corrected chi connectivity index (χ3v) is 2.98. The quantitative estimate of drug-likeness (QED) is 0.756. The Labute approximate surface area is 93.2 Å². The van der Waals surface area contributed by atoms with Crippen LogP contribution in [0.25, 0.3) is 0 Å². The van der Waals surface area contributed by atoms with E-state index in [1.54, 1.807) is 12.0 Å². The van der Waals surface area contributed by atoms with E-state index in [9.17, 15) is 4.79 Å². The number of H-pyrrole nitrogens is 1. The van der Waals surface area contributed by atoms with Crippen LogP contribution in [0.15, 0.2) is 0 Å². The molecule has 1 atom stereocenters. The molecular weight excluding hydrogens is 210 g/mol.